The number of ether oxygens (including phenoxy) is 1. The molecule has 0 unspecified atom stereocenters. The van der Waals surface area contributed by atoms with E-state index in [1.165, 1.54) is 6.07 Å². The van der Waals surface area contributed by atoms with Gasteiger partial charge in [-0.05, 0) is 40.5 Å². The first-order chi connectivity index (χ1) is 9.99. The van der Waals surface area contributed by atoms with E-state index in [4.69, 9.17) is 4.74 Å². The molecule has 2 rings (SSSR count). The summed E-state index contributed by atoms with van der Waals surface area (Å²) in [6.07, 6.45) is -0.523. The molecule has 0 radical (unpaired) electrons. The molecule has 0 spiro atoms. The van der Waals surface area contributed by atoms with Crippen LogP contribution in [0.25, 0.3) is 0 Å². The monoisotopic (exact) mass is 351 g/mol. The molecule has 0 aliphatic carbocycles. The standard InChI is InChI=1S/C15H14BrNO4/c1-10(18)11-5-7-13(8-6-11)21-9-12-3-2-4-14(15(12)16)17(19)20/h2-8,10,18H,9H2,1H3/t10-/m1/s1. The molecule has 1 N–H and O–H groups in total. The van der Waals surface area contributed by atoms with Crippen LogP contribution in [0.15, 0.2) is 46.9 Å². The molecular weight excluding hydrogens is 338 g/mol. The fraction of sp³-hybridized carbons (Fsp3) is 0.200. The van der Waals surface area contributed by atoms with E-state index in [0.29, 0.717) is 15.8 Å². The number of nitro groups is 1. The van der Waals surface area contributed by atoms with Gasteiger partial charge in [-0.2, -0.15) is 0 Å². The lowest BCUT2D eigenvalue weighted by Crippen LogP contribution is -1.99. The molecule has 5 nitrogen and oxygen atoms in total. The second-order valence-electron chi connectivity index (χ2n) is 4.54. The van der Waals surface area contributed by atoms with E-state index in [1.54, 1.807) is 43.3 Å². The van der Waals surface area contributed by atoms with E-state index >= 15 is 0 Å². The van der Waals surface area contributed by atoms with Crippen LogP contribution in [0.2, 0.25) is 0 Å². The first kappa shape index (κ1) is 15.5. The molecule has 0 aliphatic rings. The Labute approximate surface area is 130 Å². The lowest BCUT2D eigenvalue weighted by atomic mass is 10.1. The third-order valence-corrected chi connectivity index (χ3v) is 3.93. The van der Waals surface area contributed by atoms with Gasteiger partial charge >= 0.3 is 0 Å². The molecule has 2 aromatic carbocycles. The number of aliphatic hydroxyl groups is 1. The topological polar surface area (TPSA) is 72.6 Å². The lowest BCUT2D eigenvalue weighted by molar-refractivity contribution is -0.385. The molecule has 0 amide bonds. The summed E-state index contributed by atoms with van der Waals surface area (Å²) in [6, 6.07) is 11.9. The van der Waals surface area contributed by atoms with E-state index in [0.717, 1.165) is 5.56 Å². The van der Waals surface area contributed by atoms with Gasteiger partial charge in [0.25, 0.3) is 5.69 Å². The summed E-state index contributed by atoms with van der Waals surface area (Å²) in [5.41, 5.74) is 1.52. The normalized spacial score (nSPS) is 12.0. The fourth-order valence-corrected chi connectivity index (χ4v) is 2.35. The van der Waals surface area contributed by atoms with E-state index in [2.05, 4.69) is 15.9 Å². The Morgan fingerprint density at radius 2 is 1.95 bits per heavy atom. The highest BCUT2D eigenvalue weighted by molar-refractivity contribution is 9.10. The van der Waals surface area contributed by atoms with Gasteiger partial charge in [-0.15, -0.1) is 0 Å². The van der Waals surface area contributed by atoms with Crippen molar-refractivity contribution in [2.75, 3.05) is 0 Å². The number of halogens is 1. The zero-order valence-corrected chi connectivity index (χ0v) is 12.9. The van der Waals surface area contributed by atoms with Crippen molar-refractivity contribution in [2.24, 2.45) is 0 Å². The lowest BCUT2D eigenvalue weighted by Gasteiger charge is -2.09. The molecule has 0 aromatic heterocycles. The van der Waals surface area contributed by atoms with Gasteiger partial charge in [-0.1, -0.05) is 24.3 Å². The van der Waals surface area contributed by atoms with Gasteiger partial charge in [0.2, 0.25) is 0 Å². The highest BCUT2D eigenvalue weighted by Gasteiger charge is 2.15. The van der Waals surface area contributed by atoms with Crippen LogP contribution in [-0.2, 0) is 6.61 Å². The van der Waals surface area contributed by atoms with Gasteiger partial charge in [0.15, 0.2) is 0 Å². The van der Waals surface area contributed by atoms with Gasteiger partial charge in [0, 0.05) is 11.6 Å². The van der Waals surface area contributed by atoms with Crippen molar-refractivity contribution in [1.29, 1.82) is 0 Å². The van der Waals surface area contributed by atoms with Crippen molar-refractivity contribution in [2.45, 2.75) is 19.6 Å². The molecule has 0 bridgehead atoms. The third-order valence-electron chi connectivity index (χ3n) is 3.01. The summed E-state index contributed by atoms with van der Waals surface area (Å²) < 4.78 is 6.03. The van der Waals surface area contributed by atoms with E-state index in [1.807, 2.05) is 0 Å². The zero-order chi connectivity index (χ0) is 15.4. The van der Waals surface area contributed by atoms with E-state index < -0.39 is 11.0 Å². The minimum Gasteiger partial charge on any atom is -0.489 e. The number of nitro benzene ring substituents is 1. The smallest absolute Gasteiger partial charge is 0.283 e. The highest BCUT2D eigenvalue weighted by Crippen LogP contribution is 2.29. The fourth-order valence-electron chi connectivity index (χ4n) is 1.82. The van der Waals surface area contributed by atoms with Crippen LogP contribution in [0.1, 0.15) is 24.2 Å². The maximum atomic E-state index is 10.9. The van der Waals surface area contributed by atoms with Gasteiger partial charge in [0.05, 0.1) is 11.0 Å². The van der Waals surface area contributed by atoms with Crippen LogP contribution in [0.3, 0.4) is 0 Å². The molecule has 0 saturated carbocycles. The highest BCUT2D eigenvalue weighted by atomic mass is 79.9. The minimum absolute atomic E-state index is 0.0144. The van der Waals surface area contributed by atoms with Crippen molar-refractivity contribution in [3.8, 4) is 5.75 Å². The van der Waals surface area contributed by atoms with Crippen molar-refractivity contribution >= 4 is 21.6 Å². The molecule has 0 fully saturated rings. The number of aliphatic hydroxyl groups excluding tert-OH is 1. The second-order valence-corrected chi connectivity index (χ2v) is 5.33. The summed E-state index contributed by atoms with van der Waals surface area (Å²) in [5.74, 6) is 0.637. The Morgan fingerprint density at radius 3 is 2.52 bits per heavy atom. The number of rotatable bonds is 5. The molecule has 0 saturated heterocycles. The summed E-state index contributed by atoms with van der Waals surface area (Å²) in [7, 11) is 0. The van der Waals surface area contributed by atoms with Crippen molar-refractivity contribution in [1.82, 2.24) is 0 Å². The Balaban J connectivity index is 2.09. The summed E-state index contributed by atoms with van der Waals surface area (Å²) >= 11 is 3.23. The second kappa shape index (κ2) is 6.69. The SMILES string of the molecule is C[C@@H](O)c1ccc(OCc2cccc([N+](=O)[O-])c2Br)cc1. The first-order valence-electron chi connectivity index (χ1n) is 6.31. The number of hydrogen-bond donors (Lipinski definition) is 1. The Morgan fingerprint density at radius 1 is 1.29 bits per heavy atom. The molecular formula is C15H14BrNO4. The molecule has 0 heterocycles. The predicted molar refractivity (Wildman–Crippen MR) is 82.2 cm³/mol. The van der Waals surface area contributed by atoms with Crippen LogP contribution < -0.4 is 4.74 Å². The molecule has 1 atom stereocenters. The minimum atomic E-state index is -0.523. The molecule has 2 aromatic rings. The first-order valence-corrected chi connectivity index (χ1v) is 7.11. The Hall–Kier alpha value is -1.92. The average Bonchev–Trinajstić information content (AvgIpc) is 2.46. The summed E-state index contributed by atoms with van der Waals surface area (Å²) in [6.45, 7) is 1.91. The van der Waals surface area contributed by atoms with Crippen LogP contribution >= 0.6 is 15.9 Å². The molecule has 0 aliphatic heterocycles. The Kier molecular flexibility index (Phi) is 4.93. The Bertz CT molecular complexity index is 641. The summed E-state index contributed by atoms with van der Waals surface area (Å²) in [4.78, 5) is 10.4. The van der Waals surface area contributed by atoms with Crippen molar-refractivity contribution in [3.63, 3.8) is 0 Å². The number of hydrogen-bond acceptors (Lipinski definition) is 4. The third kappa shape index (κ3) is 3.80. The quantitative estimate of drug-likeness (QED) is 0.652. The predicted octanol–water partition coefficient (Wildman–Crippen LogP) is 3.99. The van der Waals surface area contributed by atoms with Crippen LogP contribution in [0, 0.1) is 10.1 Å². The maximum Gasteiger partial charge on any atom is 0.283 e. The number of nitrogens with zero attached hydrogens (tertiary/aromatic N) is 1. The zero-order valence-electron chi connectivity index (χ0n) is 11.3. The maximum absolute atomic E-state index is 10.9. The van der Waals surface area contributed by atoms with Gasteiger partial charge < -0.3 is 9.84 Å². The van der Waals surface area contributed by atoms with Gasteiger partial charge in [-0.3, -0.25) is 10.1 Å². The molecule has 110 valence electrons. The molecule has 6 heteroatoms. The molecule has 21 heavy (non-hydrogen) atoms. The van der Waals surface area contributed by atoms with E-state index in [-0.39, 0.29) is 12.3 Å². The number of benzene rings is 2. The van der Waals surface area contributed by atoms with Crippen LogP contribution in [0.4, 0.5) is 5.69 Å². The summed E-state index contributed by atoms with van der Waals surface area (Å²) in [5, 5.41) is 20.3. The average molecular weight is 352 g/mol. The van der Waals surface area contributed by atoms with Crippen molar-refractivity contribution < 1.29 is 14.8 Å². The van der Waals surface area contributed by atoms with Crippen LogP contribution in [-0.4, -0.2) is 10.0 Å². The van der Waals surface area contributed by atoms with Crippen molar-refractivity contribution in [3.05, 3.63) is 68.2 Å². The van der Waals surface area contributed by atoms with E-state index in [9.17, 15) is 15.2 Å². The van der Waals surface area contributed by atoms with Crippen LogP contribution in [0.5, 0.6) is 5.75 Å². The van der Waals surface area contributed by atoms with Gasteiger partial charge in [-0.25, -0.2) is 0 Å². The van der Waals surface area contributed by atoms with Gasteiger partial charge in [0.1, 0.15) is 16.8 Å². The largest absolute Gasteiger partial charge is 0.489 e.